The fraction of sp³-hybridized carbons (Fsp3) is 0.263. The first-order valence-corrected chi connectivity index (χ1v) is 7.83. The molecule has 0 saturated carbocycles. The molecule has 0 amide bonds. The summed E-state index contributed by atoms with van der Waals surface area (Å²) in [4.78, 5) is 4.47. The van der Waals surface area contributed by atoms with Gasteiger partial charge in [-0.2, -0.15) is 5.26 Å². The highest BCUT2D eigenvalue weighted by molar-refractivity contribution is 5.85. The number of hydrogen-bond donors (Lipinski definition) is 2. The van der Waals surface area contributed by atoms with Gasteiger partial charge in [0.25, 0.3) is 0 Å². The third-order valence-electron chi connectivity index (χ3n) is 3.66. The van der Waals surface area contributed by atoms with Crippen LogP contribution < -0.4 is 14.8 Å². The van der Waals surface area contributed by atoms with Crippen molar-refractivity contribution in [3.8, 4) is 23.4 Å². The molecule has 2 aromatic rings. The van der Waals surface area contributed by atoms with Crippen molar-refractivity contribution in [2.45, 2.75) is 12.8 Å². The van der Waals surface area contributed by atoms with Gasteiger partial charge in [0, 0.05) is 13.0 Å². The first-order valence-electron chi connectivity index (χ1n) is 7.83. The van der Waals surface area contributed by atoms with Gasteiger partial charge in [-0.3, -0.25) is 10.3 Å². The van der Waals surface area contributed by atoms with E-state index in [2.05, 4.69) is 10.3 Å². The first-order chi connectivity index (χ1) is 12.2. The van der Waals surface area contributed by atoms with Gasteiger partial charge in [0.1, 0.15) is 11.6 Å². The first kappa shape index (κ1) is 18.1. The summed E-state index contributed by atoms with van der Waals surface area (Å²) in [5.74, 6) is 2.18. The molecule has 0 aliphatic rings. The van der Waals surface area contributed by atoms with E-state index in [1.807, 2.05) is 24.4 Å². The normalized spacial score (nSPS) is 10.8. The largest absolute Gasteiger partial charge is 0.508 e. The molecule has 25 heavy (non-hydrogen) atoms. The SMILES string of the molecule is COc1ccc(CCN=C(Cc2ccc(O)cc2)NC#N)cc1OC. The quantitative estimate of drug-likeness (QED) is 0.350. The number of rotatable bonds is 7. The lowest BCUT2D eigenvalue weighted by atomic mass is 10.1. The number of methoxy groups -OCH3 is 2. The molecule has 0 heterocycles. The third-order valence-corrected chi connectivity index (χ3v) is 3.66. The van der Waals surface area contributed by atoms with Crippen molar-refractivity contribution in [3.05, 3.63) is 53.6 Å². The highest BCUT2D eigenvalue weighted by Gasteiger charge is 2.05. The molecule has 2 N–H and O–H groups in total. The second kappa shape index (κ2) is 9.18. The smallest absolute Gasteiger partial charge is 0.182 e. The van der Waals surface area contributed by atoms with Gasteiger partial charge in [-0.1, -0.05) is 18.2 Å². The number of nitrogens with one attached hydrogen (secondary N) is 1. The predicted octanol–water partition coefficient (Wildman–Crippen LogP) is 2.66. The molecule has 0 aliphatic heterocycles. The predicted molar refractivity (Wildman–Crippen MR) is 96.1 cm³/mol. The topological polar surface area (TPSA) is 86.9 Å². The lowest BCUT2D eigenvalue weighted by Gasteiger charge is -2.09. The molecule has 2 aromatic carbocycles. The Morgan fingerprint density at radius 1 is 1.08 bits per heavy atom. The van der Waals surface area contributed by atoms with Crippen LogP contribution in [-0.2, 0) is 12.8 Å². The Kier molecular flexibility index (Phi) is 6.66. The number of nitriles is 1. The zero-order chi connectivity index (χ0) is 18.1. The zero-order valence-corrected chi connectivity index (χ0v) is 14.3. The standard InChI is InChI=1S/C19H21N3O3/c1-24-17-8-5-15(11-18(17)25-2)9-10-21-19(22-13-20)12-14-3-6-16(23)7-4-14/h3-8,11,23H,9-10,12H2,1-2H3,(H,21,22). The van der Waals surface area contributed by atoms with Gasteiger partial charge in [-0.25, -0.2) is 0 Å². The van der Waals surface area contributed by atoms with E-state index in [1.54, 1.807) is 38.5 Å². The van der Waals surface area contributed by atoms with Crippen LogP contribution >= 0.6 is 0 Å². The highest BCUT2D eigenvalue weighted by Crippen LogP contribution is 2.27. The van der Waals surface area contributed by atoms with Gasteiger partial charge in [-0.15, -0.1) is 0 Å². The van der Waals surface area contributed by atoms with E-state index in [-0.39, 0.29) is 5.75 Å². The van der Waals surface area contributed by atoms with E-state index < -0.39 is 0 Å². The average molecular weight is 339 g/mol. The number of phenolic OH excluding ortho intramolecular Hbond substituents is 1. The van der Waals surface area contributed by atoms with Crippen molar-refractivity contribution in [1.29, 1.82) is 5.26 Å². The monoisotopic (exact) mass is 339 g/mol. The van der Waals surface area contributed by atoms with Crippen molar-refractivity contribution in [3.63, 3.8) is 0 Å². The summed E-state index contributed by atoms with van der Waals surface area (Å²) in [5, 5.41) is 20.8. The van der Waals surface area contributed by atoms with Crippen LogP contribution in [0.2, 0.25) is 0 Å². The molecular formula is C19H21N3O3. The summed E-state index contributed by atoms with van der Waals surface area (Å²) in [6.07, 6.45) is 3.13. The fourth-order valence-electron chi connectivity index (χ4n) is 2.37. The summed E-state index contributed by atoms with van der Waals surface area (Å²) >= 11 is 0. The molecule has 0 aromatic heterocycles. The molecule has 0 spiro atoms. The zero-order valence-electron chi connectivity index (χ0n) is 14.3. The molecule has 6 nitrogen and oxygen atoms in total. The van der Waals surface area contributed by atoms with E-state index in [0.717, 1.165) is 11.1 Å². The molecule has 0 radical (unpaired) electrons. The molecule has 0 fully saturated rings. The van der Waals surface area contributed by atoms with Crippen molar-refractivity contribution < 1.29 is 14.6 Å². The minimum Gasteiger partial charge on any atom is -0.508 e. The van der Waals surface area contributed by atoms with Crippen LogP contribution in [0.1, 0.15) is 11.1 Å². The van der Waals surface area contributed by atoms with Crippen molar-refractivity contribution >= 4 is 5.84 Å². The fourth-order valence-corrected chi connectivity index (χ4v) is 2.37. The van der Waals surface area contributed by atoms with E-state index in [4.69, 9.17) is 14.7 Å². The minimum absolute atomic E-state index is 0.212. The highest BCUT2D eigenvalue weighted by atomic mass is 16.5. The van der Waals surface area contributed by atoms with Crippen LogP contribution in [0.4, 0.5) is 0 Å². The van der Waals surface area contributed by atoms with E-state index in [1.165, 1.54) is 0 Å². The molecular weight excluding hydrogens is 318 g/mol. The summed E-state index contributed by atoms with van der Waals surface area (Å²) in [7, 11) is 3.21. The van der Waals surface area contributed by atoms with Crippen LogP contribution in [0, 0.1) is 11.5 Å². The van der Waals surface area contributed by atoms with Crippen molar-refractivity contribution in [1.82, 2.24) is 5.32 Å². The summed E-state index contributed by atoms with van der Waals surface area (Å²) in [5.41, 5.74) is 2.03. The Hall–Kier alpha value is -3.20. The molecule has 0 atom stereocenters. The number of nitrogens with zero attached hydrogens (tertiary/aromatic N) is 2. The van der Waals surface area contributed by atoms with Crippen LogP contribution in [-0.4, -0.2) is 31.7 Å². The molecule has 0 bridgehead atoms. The van der Waals surface area contributed by atoms with E-state index >= 15 is 0 Å². The average Bonchev–Trinajstić information content (AvgIpc) is 2.63. The Morgan fingerprint density at radius 3 is 2.40 bits per heavy atom. The number of aliphatic imine (C=N–C) groups is 1. The van der Waals surface area contributed by atoms with E-state index in [9.17, 15) is 5.11 Å². The number of phenols is 1. The van der Waals surface area contributed by atoms with Crippen LogP contribution in [0.5, 0.6) is 17.2 Å². The molecule has 130 valence electrons. The van der Waals surface area contributed by atoms with Gasteiger partial charge in [-0.05, 0) is 41.8 Å². The van der Waals surface area contributed by atoms with E-state index in [0.29, 0.717) is 36.7 Å². The summed E-state index contributed by atoms with van der Waals surface area (Å²) in [6, 6.07) is 12.6. The molecule has 2 rings (SSSR count). The lowest BCUT2D eigenvalue weighted by Crippen LogP contribution is -2.21. The van der Waals surface area contributed by atoms with Crippen LogP contribution in [0.25, 0.3) is 0 Å². The molecule has 6 heteroatoms. The summed E-state index contributed by atoms with van der Waals surface area (Å²) < 4.78 is 10.5. The third kappa shape index (κ3) is 5.43. The number of aromatic hydroxyl groups is 1. The lowest BCUT2D eigenvalue weighted by molar-refractivity contribution is 0.354. The number of hydrogen-bond acceptors (Lipinski definition) is 5. The maximum Gasteiger partial charge on any atom is 0.182 e. The van der Waals surface area contributed by atoms with Gasteiger partial charge >= 0.3 is 0 Å². The second-order valence-electron chi connectivity index (χ2n) is 5.35. The molecule has 0 saturated heterocycles. The van der Waals surface area contributed by atoms with Gasteiger partial charge < -0.3 is 14.6 Å². The van der Waals surface area contributed by atoms with Crippen LogP contribution in [0.15, 0.2) is 47.5 Å². The Labute approximate surface area is 147 Å². The summed E-state index contributed by atoms with van der Waals surface area (Å²) in [6.45, 7) is 0.539. The van der Waals surface area contributed by atoms with Gasteiger partial charge in [0.2, 0.25) is 0 Å². The van der Waals surface area contributed by atoms with Crippen molar-refractivity contribution in [2.75, 3.05) is 20.8 Å². The molecule has 0 unspecified atom stereocenters. The Bertz CT molecular complexity index is 764. The number of amidine groups is 1. The minimum atomic E-state index is 0.212. The van der Waals surface area contributed by atoms with Gasteiger partial charge in [0.15, 0.2) is 17.7 Å². The Morgan fingerprint density at radius 2 is 1.76 bits per heavy atom. The maximum atomic E-state index is 9.32. The van der Waals surface area contributed by atoms with Gasteiger partial charge in [0.05, 0.1) is 14.2 Å². The Balaban J connectivity index is 2.01. The number of benzene rings is 2. The number of ether oxygens (including phenoxy) is 2. The second-order valence-corrected chi connectivity index (χ2v) is 5.35. The van der Waals surface area contributed by atoms with Crippen molar-refractivity contribution in [2.24, 2.45) is 4.99 Å². The molecule has 0 aliphatic carbocycles. The van der Waals surface area contributed by atoms with Crippen LogP contribution in [0.3, 0.4) is 0 Å². The maximum absolute atomic E-state index is 9.32.